The van der Waals surface area contributed by atoms with Gasteiger partial charge in [0.2, 0.25) is 0 Å². The largest absolute Gasteiger partial charge is 0.382 e. The van der Waals surface area contributed by atoms with Crippen LogP contribution in [0.3, 0.4) is 0 Å². The van der Waals surface area contributed by atoms with E-state index < -0.39 is 0 Å². The summed E-state index contributed by atoms with van der Waals surface area (Å²) in [6, 6.07) is 3.57. The summed E-state index contributed by atoms with van der Waals surface area (Å²) in [6.07, 6.45) is 8.65. The number of ether oxygens (including phenoxy) is 2. The molecule has 0 aliphatic carbocycles. The molecule has 0 saturated carbocycles. The van der Waals surface area contributed by atoms with Crippen molar-refractivity contribution in [1.29, 1.82) is 0 Å². The van der Waals surface area contributed by atoms with E-state index in [1.165, 1.54) is 0 Å². The van der Waals surface area contributed by atoms with Gasteiger partial charge in [-0.1, -0.05) is 0 Å². The van der Waals surface area contributed by atoms with Crippen LogP contribution >= 0.6 is 0 Å². The first-order chi connectivity index (χ1) is 12.2. The molecule has 1 amide bonds. The van der Waals surface area contributed by atoms with Crippen molar-refractivity contribution in [2.75, 3.05) is 26.9 Å². The van der Waals surface area contributed by atoms with E-state index in [1.807, 2.05) is 24.3 Å². The highest BCUT2D eigenvalue weighted by Crippen LogP contribution is 2.26. The number of hydrogen-bond donors (Lipinski definition) is 0. The van der Waals surface area contributed by atoms with Gasteiger partial charge in [-0.2, -0.15) is 5.10 Å². The molecule has 1 fully saturated rings. The Morgan fingerprint density at radius 3 is 2.92 bits per heavy atom. The Bertz CT molecular complexity index is 689. The van der Waals surface area contributed by atoms with E-state index in [4.69, 9.17) is 9.47 Å². The summed E-state index contributed by atoms with van der Waals surface area (Å²) in [5, 5.41) is 4.23. The maximum atomic E-state index is 12.9. The maximum absolute atomic E-state index is 12.9. The van der Waals surface area contributed by atoms with Crippen LogP contribution in [0.25, 0.3) is 0 Å². The van der Waals surface area contributed by atoms with Gasteiger partial charge in [-0.15, -0.1) is 0 Å². The van der Waals surface area contributed by atoms with Crippen LogP contribution in [0.4, 0.5) is 0 Å². The maximum Gasteiger partial charge on any atom is 0.255 e. The number of carbonyl (C=O) groups is 1. The molecule has 3 rings (SSSR count). The van der Waals surface area contributed by atoms with Gasteiger partial charge in [0.1, 0.15) is 0 Å². The molecule has 0 N–H and O–H groups in total. The second-order valence-corrected chi connectivity index (χ2v) is 6.22. The van der Waals surface area contributed by atoms with Crippen molar-refractivity contribution in [2.45, 2.75) is 25.0 Å². The topological polar surface area (TPSA) is 69.5 Å². The van der Waals surface area contributed by atoms with Crippen molar-refractivity contribution < 1.29 is 14.3 Å². The first kappa shape index (κ1) is 17.6. The highest BCUT2D eigenvalue weighted by atomic mass is 16.5. The molecular weight excluding hydrogens is 320 g/mol. The van der Waals surface area contributed by atoms with E-state index in [1.54, 1.807) is 36.3 Å². The smallest absolute Gasteiger partial charge is 0.255 e. The third-order valence-electron chi connectivity index (χ3n) is 4.48. The summed E-state index contributed by atoms with van der Waals surface area (Å²) < 4.78 is 12.8. The number of likely N-dealkylation sites (tertiary alicyclic amines) is 1. The highest BCUT2D eigenvalue weighted by Gasteiger charge is 2.38. The number of methoxy groups -OCH3 is 1. The zero-order valence-corrected chi connectivity index (χ0v) is 14.7. The highest BCUT2D eigenvalue weighted by molar-refractivity contribution is 5.94. The van der Waals surface area contributed by atoms with Gasteiger partial charge >= 0.3 is 0 Å². The fraction of sp³-hybridized carbons (Fsp3) is 0.500. The van der Waals surface area contributed by atoms with Gasteiger partial charge < -0.3 is 14.4 Å². The van der Waals surface area contributed by atoms with Crippen LogP contribution in [0.5, 0.6) is 0 Å². The normalized spacial score (nSPS) is 20.2. The molecule has 0 spiro atoms. The fourth-order valence-corrected chi connectivity index (χ4v) is 3.27. The van der Waals surface area contributed by atoms with Crippen LogP contribution in [-0.2, 0) is 22.9 Å². The van der Waals surface area contributed by atoms with Crippen LogP contribution in [0.15, 0.2) is 36.9 Å². The monoisotopic (exact) mass is 344 g/mol. The Morgan fingerprint density at radius 2 is 2.24 bits per heavy atom. The van der Waals surface area contributed by atoms with E-state index >= 15 is 0 Å². The van der Waals surface area contributed by atoms with Crippen molar-refractivity contribution in [1.82, 2.24) is 19.7 Å². The average molecular weight is 344 g/mol. The van der Waals surface area contributed by atoms with E-state index in [0.29, 0.717) is 25.3 Å². The fourth-order valence-electron chi connectivity index (χ4n) is 3.27. The van der Waals surface area contributed by atoms with Gasteiger partial charge in [-0.25, -0.2) is 0 Å². The molecule has 3 heterocycles. The molecule has 1 saturated heterocycles. The average Bonchev–Trinajstić information content (AvgIpc) is 3.22. The lowest BCUT2D eigenvalue weighted by Gasteiger charge is -2.28. The number of aryl methyl sites for hydroxylation is 1. The number of rotatable bonds is 7. The number of carbonyl (C=O) groups excluding carboxylic acids is 1. The van der Waals surface area contributed by atoms with Gasteiger partial charge in [0.05, 0.1) is 37.1 Å². The predicted octanol–water partition coefficient (Wildman–Crippen LogP) is 1.30. The molecule has 1 aliphatic heterocycles. The third-order valence-corrected chi connectivity index (χ3v) is 4.48. The number of nitrogens with zero attached hydrogens (tertiary/aromatic N) is 4. The molecule has 0 aromatic carbocycles. The summed E-state index contributed by atoms with van der Waals surface area (Å²) in [4.78, 5) is 18.9. The number of pyridine rings is 1. The van der Waals surface area contributed by atoms with Gasteiger partial charge in [0.15, 0.2) is 0 Å². The number of aromatic nitrogens is 3. The van der Waals surface area contributed by atoms with Crippen LogP contribution in [-0.4, -0.2) is 64.6 Å². The second-order valence-electron chi connectivity index (χ2n) is 6.22. The molecule has 2 aromatic rings. The first-order valence-corrected chi connectivity index (χ1v) is 8.48. The lowest BCUT2D eigenvalue weighted by Crippen LogP contribution is -2.42. The zero-order valence-electron chi connectivity index (χ0n) is 14.7. The lowest BCUT2D eigenvalue weighted by atomic mass is 10.0. The lowest BCUT2D eigenvalue weighted by molar-refractivity contribution is 0.000487. The van der Waals surface area contributed by atoms with Gasteiger partial charge in [0.25, 0.3) is 5.91 Å². The second kappa shape index (κ2) is 8.22. The minimum atomic E-state index is -0.0197. The van der Waals surface area contributed by atoms with Crippen molar-refractivity contribution in [3.63, 3.8) is 0 Å². The Morgan fingerprint density at radius 1 is 1.36 bits per heavy atom. The molecule has 2 atom stereocenters. The molecule has 134 valence electrons. The van der Waals surface area contributed by atoms with Crippen LogP contribution in [0, 0.1) is 0 Å². The summed E-state index contributed by atoms with van der Waals surface area (Å²) >= 11 is 0. The summed E-state index contributed by atoms with van der Waals surface area (Å²) in [7, 11) is 3.55. The quantitative estimate of drug-likeness (QED) is 0.708. The minimum Gasteiger partial charge on any atom is -0.382 e. The third kappa shape index (κ3) is 4.24. The van der Waals surface area contributed by atoms with Crippen molar-refractivity contribution >= 4 is 5.91 Å². The van der Waals surface area contributed by atoms with Crippen LogP contribution < -0.4 is 0 Å². The van der Waals surface area contributed by atoms with Crippen molar-refractivity contribution in [3.8, 4) is 0 Å². The van der Waals surface area contributed by atoms with Gasteiger partial charge in [-0.3, -0.25) is 14.5 Å². The molecule has 0 unspecified atom stereocenters. The van der Waals surface area contributed by atoms with Gasteiger partial charge in [0, 0.05) is 39.3 Å². The Hall–Kier alpha value is -2.25. The molecule has 0 radical (unpaired) electrons. The van der Waals surface area contributed by atoms with Crippen LogP contribution in [0.2, 0.25) is 0 Å². The molecule has 7 heteroatoms. The standard InChI is InChI=1S/C18H24N4O3/c1-21-13-14(11-20-21)10-16-17(25-9-8-24-2)5-7-22(16)18(23)15-4-3-6-19-12-15/h3-4,6,11-13,16-17H,5,7-10H2,1-2H3/t16-,17+/m0/s1. The summed E-state index contributed by atoms with van der Waals surface area (Å²) in [6.45, 7) is 1.75. The number of amides is 1. The molecule has 2 aromatic heterocycles. The van der Waals surface area contributed by atoms with E-state index in [-0.39, 0.29) is 18.1 Å². The Balaban J connectivity index is 1.76. The molecule has 1 aliphatic rings. The predicted molar refractivity (Wildman–Crippen MR) is 92.2 cm³/mol. The summed E-state index contributed by atoms with van der Waals surface area (Å²) in [5.41, 5.74) is 1.70. The SMILES string of the molecule is COCCO[C@@H]1CCN(C(=O)c2cccnc2)[C@H]1Cc1cnn(C)c1. The van der Waals surface area contributed by atoms with E-state index in [0.717, 1.165) is 18.4 Å². The summed E-state index contributed by atoms with van der Waals surface area (Å²) in [5.74, 6) is -0.000156. The van der Waals surface area contributed by atoms with Crippen molar-refractivity contribution in [3.05, 3.63) is 48.0 Å². The molecular formula is C18H24N4O3. The minimum absolute atomic E-state index is 0.000156. The molecule has 25 heavy (non-hydrogen) atoms. The Kier molecular flexibility index (Phi) is 5.78. The van der Waals surface area contributed by atoms with Crippen molar-refractivity contribution in [2.24, 2.45) is 7.05 Å². The van der Waals surface area contributed by atoms with Crippen LogP contribution in [0.1, 0.15) is 22.3 Å². The Labute approximate surface area is 147 Å². The van der Waals surface area contributed by atoms with Gasteiger partial charge in [-0.05, 0) is 30.5 Å². The zero-order chi connectivity index (χ0) is 17.6. The number of hydrogen-bond acceptors (Lipinski definition) is 5. The van der Waals surface area contributed by atoms with E-state index in [9.17, 15) is 4.79 Å². The first-order valence-electron chi connectivity index (χ1n) is 8.48. The molecule has 0 bridgehead atoms. The molecule has 7 nitrogen and oxygen atoms in total. The van der Waals surface area contributed by atoms with E-state index in [2.05, 4.69) is 10.1 Å².